The molecule has 0 aliphatic rings. The molecule has 1 amide bonds. The van der Waals surface area contributed by atoms with Crippen LogP contribution in [-0.2, 0) is 4.79 Å². The molecule has 0 bridgehead atoms. The normalized spacial score (nSPS) is 10.3. The van der Waals surface area contributed by atoms with Crippen molar-refractivity contribution in [2.45, 2.75) is 6.92 Å². The first-order valence-electron chi connectivity index (χ1n) is 5.18. The van der Waals surface area contributed by atoms with Crippen molar-refractivity contribution < 1.29 is 9.53 Å². The number of allylic oxidation sites excluding steroid dienone is 1. The summed E-state index contributed by atoms with van der Waals surface area (Å²) < 4.78 is 5.01. The molecule has 5 nitrogen and oxygen atoms in total. The number of methoxy groups -OCH3 is 1. The Morgan fingerprint density at radius 2 is 2.22 bits per heavy atom. The van der Waals surface area contributed by atoms with Crippen LogP contribution in [0.2, 0.25) is 0 Å². The summed E-state index contributed by atoms with van der Waals surface area (Å²) in [6.45, 7) is 9.17. The highest BCUT2D eigenvalue weighted by atomic mass is 16.5. The fourth-order valence-electron chi connectivity index (χ4n) is 1.27. The SMILES string of the molecule is C=C(N=CC(=C)c1cnc(OC)cc1C)C(N)=O. The topological polar surface area (TPSA) is 77.6 Å². The number of aryl methyl sites for hydroxylation is 1. The molecule has 0 atom stereocenters. The Kier molecular flexibility index (Phi) is 4.37. The second-order valence-corrected chi connectivity index (χ2v) is 3.64. The Hall–Kier alpha value is -2.43. The number of amides is 1. The molecule has 0 saturated heterocycles. The summed E-state index contributed by atoms with van der Waals surface area (Å²) in [6.07, 6.45) is 3.07. The average molecular weight is 245 g/mol. The van der Waals surface area contributed by atoms with Gasteiger partial charge in [-0.2, -0.15) is 0 Å². The van der Waals surface area contributed by atoms with Gasteiger partial charge in [-0.15, -0.1) is 0 Å². The third-order valence-corrected chi connectivity index (χ3v) is 2.30. The number of rotatable bonds is 5. The summed E-state index contributed by atoms with van der Waals surface area (Å²) in [4.78, 5) is 18.7. The van der Waals surface area contributed by atoms with Gasteiger partial charge in [0.05, 0.1) is 7.11 Å². The van der Waals surface area contributed by atoms with Crippen LogP contribution in [0.3, 0.4) is 0 Å². The van der Waals surface area contributed by atoms with Gasteiger partial charge < -0.3 is 10.5 Å². The van der Waals surface area contributed by atoms with E-state index in [2.05, 4.69) is 23.1 Å². The molecule has 18 heavy (non-hydrogen) atoms. The zero-order valence-corrected chi connectivity index (χ0v) is 10.4. The summed E-state index contributed by atoms with van der Waals surface area (Å²) in [5.74, 6) is -0.133. The molecule has 94 valence electrons. The highest BCUT2D eigenvalue weighted by Crippen LogP contribution is 2.18. The van der Waals surface area contributed by atoms with Crippen molar-refractivity contribution >= 4 is 17.7 Å². The smallest absolute Gasteiger partial charge is 0.266 e. The maximum Gasteiger partial charge on any atom is 0.266 e. The molecule has 1 aromatic heterocycles. The number of primary amides is 1. The van der Waals surface area contributed by atoms with Crippen molar-refractivity contribution in [2.24, 2.45) is 10.7 Å². The van der Waals surface area contributed by atoms with Crippen LogP contribution in [0.5, 0.6) is 5.88 Å². The van der Waals surface area contributed by atoms with Crippen molar-refractivity contribution in [3.05, 3.63) is 42.2 Å². The monoisotopic (exact) mass is 245 g/mol. The van der Waals surface area contributed by atoms with Gasteiger partial charge in [0.25, 0.3) is 5.91 Å². The standard InChI is InChI=1S/C13H15N3O2/c1-8-5-12(18-4)16-7-11(8)9(2)6-15-10(3)13(14)17/h5-7H,2-3H2,1,4H3,(H2,14,17). The van der Waals surface area contributed by atoms with Gasteiger partial charge in [-0.25, -0.2) is 4.98 Å². The Morgan fingerprint density at radius 3 is 2.72 bits per heavy atom. The lowest BCUT2D eigenvalue weighted by Crippen LogP contribution is -2.11. The molecule has 1 rings (SSSR count). The van der Waals surface area contributed by atoms with Crippen LogP contribution in [0.15, 0.2) is 36.1 Å². The minimum Gasteiger partial charge on any atom is -0.481 e. The number of pyridine rings is 1. The lowest BCUT2D eigenvalue weighted by molar-refractivity contribution is -0.114. The molecule has 0 saturated carbocycles. The Bertz CT molecular complexity index is 533. The summed E-state index contributed by atoms with van der Waals surface area (Å²) >= 11 is 0. The highest BCUT2D eigenvalue weighted by Gasteiger charge is 2.04. The van der Waals surface area contributed by atoms with E-state index in [1.165, 1.54) is 6.21 Å². The minimum atomic E-state index is -0.663. The third kappa shape index (κ3) is 3.28. The van der Waals surface area contributed by atoms with Crippen LogP contribution in [0.4, 0.5) is 0 Å². The molecule has 2 N–H and O–H groups in total. The van der Waals surface area contributed by atoms with Crippen molar-refractivity contribution in [3.63, 3.8) is 0 Å². The van der Waals surface area contributed by atoms with Crippen molar-refractivity contribution in [3.8, 4) is 5.88 Å². The van der Waals surface area contributed by atoms with Crippen LogP contribution in [0.25, 0.3) is 5.57 Å². The fraction of sp³-hybridized carbons (Fsp3) is 0.154. The first-order valence-corrected chi connectivity index (χ1v) is 5.18. The molecule has 0 aliphatic heterocycles. The van der Waals surface area contributed by atoms with E-state index in [0.29, 0.717) is 11.5 Å². The van der Waals surface area contributed by atoms with Crippen LogP contribution >= 0.6 is 0 Å². The van der Waals surface area contributed by atoms with Gasteiger partial charge in [-0.1, -0.05) is 13.2 Å². The van der Waals surface area contributed by atoms with E-state index in [0.717, 1.165) is 11.1 Å². The number of ether oxygens (including phenoxy) is 1. The van der Waals surface area contributed by atoms with E-state index in [1.54, 1.807) is 19.4 Å². The number of nitrogens with two attached hydrogens (primary N) is 1. The molecule has 0 unspecified atom stereocenters. The Morgan fingerprint density at radius 1 is 1.56 bits per heavy atom. The second-order valence-electron chi connectivity index (χ2n) is 3.64. The average Bonchev–Trinajstić information content (AvgIpc) is 2.34. The predicted molar refractivity (Wildman–Crippen MR) is 71.4 cm³/mol. The molecule has 1 heterocycles. The van der Waals surface area contributed by atoms with Gasteiger partial charge >= 0.3 is 0 Å². The summed E-state index contributed by atoms with van der Waals surface area (Å²) in [7, 11) is 1.55. The quantitative estimate of drug-likeness (QED) is 0.630. The molecule has 0 radical (unpaired) electrons. The number of nitrogens with zero attached hydrogens (tertiary/aromatic N) is 2. The molecule has 0 fully saturated rings. The van der Waals surface area contributed by atoms with Crippen molar-refractivity contribution in [1.82, 2.24) is 4.98 Å². The van der Waals surface area contributed by atoms with Crippen LogP contribution in [0, 0.1) is 6.92 Å². The Labute approximate surface area is 106 Å². The second kappa shape index (κ2) is 5.77. The zero-order chi connectivity index (χ0) is 13.7. The van der Waals surface area contributed by atoms with Crippen LogP contribution < -0.4 is 10.5 Å². The van der Waals surface area contributed by atoms with Crippen molar-refractivity contribution in [1.29, 1.82) is 0 Å². The van der Waals surface area contributed by atoms with Crippen molar-refractivity contribution in [2.75, 3.05) is 7.11 Å². The minimum absolute atomic E-state index is 0.0183. The number of carbonyl (C=O) groups excluding carboxylic acids is 1. The molecule has 1 aromatic rings. The third-order valence-electron chi connectivity index (χ3n) is 2.30. The summed E-state index contributed by atoms with van der Waals surface area (Å²) in [6, 6.07) is 1.79. The van der Waals surface area contributed by atoms with E-state index in [-0.39, 0.29) is 5.70 Å². The van der Waals surface area contributed by atoms with Gasteiger partial charge in [0.1, 0.15) is 5.70 Å². The maximum atomic E-state index is 10.7. The number of hydrogen-bond donors (Lipinski definition) is 1. The molecule has 0 aromatic carbocycles. The molecular weight excluding hydrogens is 230 g/mol. The Balaban J connectivity index is 2.91. The maximum absolute atomic E-state index is 10.7. The van der Waals surface area contributed by atoms with E-state index in [4.69, 9.17) is 10.5 Å². The molecule has 0 spiro atoms. The van der Waals surface area contributed by atoms with Crippen LogP contribution in [0.1, 0.15) is 11.1 Å². The van der Waals surface area contributed by atoms with E-state index in [1.807, 2.05) is 6.92 Å². The predicted octanol–water partition coefficient (Wildman–Crippen LogP) is 1.48. The fourth-order valence-corrected chi connectivity index (χ4v) is 1.27. The van der Waals surface area contributed by atoms with Gasteiger partial charge in [-0.05, 0) is 18.1 Å². The summed E-state index contributed by atoms with van der Waals surface area (Å²) in [5, 5.41) is 0. The van der Waals surface area contributed by atoms with E-state index < -0.39 is 5.91 Å². The first-order chi connectivity index (χ1) is 8.45. The van der Waals surface area contributed by atoms with Crippen LogP contribution in [-0.4, -0.2) is 24.2 Å². The van der Waals surface area contributed by atoms with Gasteiger partial charge in [0.15, 0.2) is 0 Å². The zero-order valence-electron chi connectivity index (χ0n) is 10.4. The molecular formula is C13H15N3O2. The lowest BCUT2D eigenvalue weighted by Gasteiger charge is -2.06. The highest BCUT2D eigenvalue weighted by molar-refractivity contribution is 6.10. The van der Waals surface area contributed by atoms with E-state index in [9.17, 15) is 4.79 Å². The number of carbonyl (C=O) groups is 1. The molecule has 5 heteroatoms. The van der Waals surface area contributed by atoms with Gasteiger partial charge in [0, 0.05) is 24.0 Å². The van der Waals surface area contributed by atoms with Gasteiger partial charge in [0.2, 0.25) is 5.88 Å². The first kappa shape index (κ1) is 13.6. The van der Waals surface area contributed by atoms with Gasteiger partial charge in [-0.3, -0.25) is 9.79 Å². The largest absolute Gasteiger partial charge is 0.481 e. The number of aromatic nitrogens is 1. The number of hydrogen-bond acceptors (Lipinski definition) is 4. The lowest BCUT2D eigenvalue weighted by atomic mass is 10.1. The number of aliphatic imine (C=N–C) groups is 1. The molecule has 0 aliphatic carbocycles. The summed E-state index contributed by atoms with van der Waals surface area (Å²) in [5.41, 5.74) is 7.38. The van der Waals surface area contributed by atoms with E-state index >= 15 is 0 Å².